The van der Waals surface area contributed by atoms with E-state index in [1.165, 1.54) is 0 Å². The van der Waals surface area contributed by atoms with Crippen LogP contribution in [0.15, 0.2) is 18.2 Å². The Hall–Kier alpha value is -0.980. The minimum atomic E-state index is -3.13. The number of sulfone groups is 1. The average molecular weight is 335 g/mol. The molecule has 3 rings (SSSR count). The first kappa shape index (κ1) is 14.0. The van der Waals surface area contributed by atoms with E-state index < -0.39 is 9.84 Å². The summed E-state index contributed by atoms with van der Waals surface area (Å²) in [5, 5.41) is 3.55. The van der Waals surface area contributed by atoms with Crippen molar-refractivity contribution in [1.82, 2.24) is 5.32 Å². The molecule has 1 N–H and O–H groups in total. The number of anilines is 1. The topological polar surface area (TPSA) is 66.5 Å². The molecular formula is C12H12Cl2N2O3S. The second-order valence-electron chi connectivity index (χ2n) is 5.04. The fourth-order valence-electron chi connectivity index (χ4n) is 2.74. The van der Waals surface area contributed by atoms with E-state index in [4.69, 9.17) is 23.2 Å². The molecule has 2 heterocycles. The summed E-state index contributed by atoms with van der Waals surface area (Å²) in [4.78, 5) is 13.5. The van der Waals surface area contributed by atoms with Gasteiger partial charge >= 0.3 is 0 Å². The van der Waals surface area contributed by atoms with Gasteiger partial charge in [-0.25, -0.2) is 8.42 Å². The Morgan fingerprint density at radius 3 is 2.65 bits per heavy atom. The number of hydrogen-bond acceptors (Lipinski definition) is 4. The van der Waals surface area contributed by atoms with Crippen LogP contribution >= 0.6 is 23.2 Å². The lowest BCUT2D eigenvalue weighted by Crippen LogP contribution is -2.60. The summed E-state index contributed by atoms with van der Waals surface area (Å²) in [5.74, 6) is -0.159. The summed E-state index contributed by atoms with van der Waals surface area (Å²) >= 11 is 11.9. The summed E-state index contributed by atoms with van der Waals surface area (Å²) in [6, 6.07) is 4.43. The van der Waals surface area contributed by atoms with Crippen LogP contribution in [-0.2, 0) is 14.6 Å². The van der Waals surface area contributed by atoms with Crippen molar-refractivity contribution in [2.24, 2.45) is 0 Å². The summed E-state index contributed by atoms with van der Waals surface area (Å²) in [7, 11) is -3.13. The van der Waals surface area contributed by atoms with Crippen molar-refractivity contribution in [2.45, 2.75) is 12.1 Å². The predicted molar refractivity (Wildman–Crippen MR) is 78.2 cm³/mol. The monoisotopic (exact) mass is 334 g/mol. The lowest BCUT2D eigenvalue weighted by molar-refractivity contribution is -0.121. The van der Waals surface area contributed by atoms with Crippen LogP contribution in [0, 0.1) is 0 Å². The van der Waals surface area contributed by atoms with Gasteiger partial charge in [0.2, 0.25) is 5.91 Å². The van der Waals surface area contributed by atoms with Crippen LogP contribution < -0.4 is 10.2 Å². The van der Waals surface area contributed by atoms with Crippen molar-refractivity contribution in [3.05, 3.63) is 28.2 Å². The molecule has 0 aromatic heterocycles. The molecule has 0 bridgehead atoms. The second kappa shape index (κ2) is 4.79. The number of carbonyl (C=O) groups excluding carboxylic acids is 1. The third-order valence-corrected chi connectivity index (χ3v) is 6.07. The number of amides is 1. The molecule has 2 aliphatic rings. The molecule has 2 aliphatic heterocycles. The van der Waals surface area contributed by atoms with E-state index in [1.54, 1.807) is 23.1 Å². The minimum absolute atomic E-state index is 0.0127. The molecule has 20 heavy (non-hydrogen) atoms. The molecule has 1 aromatic rings. The predicted octanol–water partition coefficient (Wildman–Crippen LogP) is 1.10. The Morgan fingerprint density at radius 1 is 1.20 bits per heavy atom. The zero-order chi connectivity index (χ0) is 14.5. The Kier molecular flexibility index (Phi) is 3.35. The van der Waals surface area contributed by atoms with E-state index in [0.717, 1.165) is 0 Å². The van der Waals surface area contributed by atoms with Crippen molar-refractivity contribution in [3.63, 3.8) is 0 Å². The van der Waals surface area contributed by atoms with Crippen LogP contribution in [0.2, 0.25) is 10.0 Å². The molecule has 1 amide bonds. The summed E-state index contributed by atoms with van der Waals surface area (Å²) in [6.45, 7) is 0.120. The Bertz CT molecular complexity index is 677. The molecule has 5 nitrogen and oxygen atoms in total. The highest BCUT2D eigenvalue weighted by Crippen LogP contribution is 2.31. The number of rotatable bonds is 1. The number of hydrogen-bond donors (Lipinski definition) is 1. The van der Waals surface area contributed by atoms with Crippen LogP contribution in [-0.4, -0.2) is 44.5 Å². The molecule has 8 heteroatoms. The number of halogens is 2. The molecule has 2 fully saturated rings. The lowest BCUT2D eigenvalue weighted by atomic mass is 10.1. The van der Waals surface area contributed by atoms with Gasteiger partial charge in [0.05, 0.1) is 40.2 Å². The van der Waals surface area contributed by atoms with Gasteiger partial charge in [0.25, 0.3) is 0 Å². The van der Waals surface area contributed by atoms with Gasteiger partial charge in [-0.05, 0) is 18.2 Å². The molecule has 2 saturated heterocycles. The number of fused-ring (bicyclic) bond motifs is 1. The first-order chi connectivity index (χ1) is 9.35. The lowest BCUT2D eigenvalue weighted by Gasteiger charge is -2.38. The third-order valence-electron chi connectivity index (χ3n) is 3.62. The SMILES string of the molecule is O=C1CN(c2ccc(Cl)c(Cl)c2)[C@H]2CS(=O)(=O)C[C@@H]2N1. The minimum Gasteiger partial charge on any atom is -0.356 e. The van der Waals surface area contributed by atoms with E-state index in [1.807, 2.05) is 0 Å². The Labute approximate surface area is 126 Å². The maximum absolute atomic E-state index is 11.8. The van der Waals surface area contributed by atoms with Gasteiger partial charge in [-0.3, -0.25) is 4.79 Å². The number of benzene rings is 1. The zero-order valence-electron chi connectivity index (χ0n) is 10.3. The van der Waals surface area contributed by atoms with Gasteiger partial charge in [0, 0.05) is 5.69 Å². The van der Waals surface area contributed by atoms with Crippen LogP contribution in [0.25, 0.3) is 0 Å². The zero-order valence-corrected chi connectivity index (χ0v) is 12.7. The van der Waals surface area contributed by atoms with Gasteiger partial charge in [0.15, 0.2) is 9.84 Å². The van der Waals surface area contributed by atoms with Crippen LogP contribution in [0.4, 0.5) is 5.69 Å². The van der Waals surface area contributed by atoms with E-state index in [-0.39, 0.29) is 36.0 Å². The van der Waals surface area contributed by atoms with Gasteiger partial charge in [-0.2, -0.15) is 0 Å². The van der Waals surface area contributed by atoms with Gasteiger partial charge in [-0.1, -0.05) is 23.2 Å². The summed E-state index contributed by atoms with van der Waals surface area (Å²) in [5.41, 5.74) is 0.710. The number of nitrogens with one attached hydrogen (secondary N) is 1. The first-order valence-corrected chi connectivity index (χ1v) is 8.65. The first-order valence-electron chi connectivity index (χ1n) is 6.07. The maximum atomic E-state index is 11.8. The van der Waals surface area contributed by atoms with Gasteiger partial charge in [0.1, 0.15) is 0 Å². The second-order valence-corrected chi connectivity index (χ2v) is 8.01. The third kappa shape index (κ3) is 2.47. The van der Waals surface area contributed by atoms with Crippen molar-refractivity contribution < 1.29 is 13.2 Å². The largest absolute Gasteiger partial charge is 0.356 e. The standard InChI is InChI=1S/C12H12Cl2N2O3S/c13-8-2-1-7(3-9(8)14)16-4-12(17)15-10-5-20(18,19)6-11(10)16/h1-3,10-11H,4-6H2,(H,15,17)/t10-,11-/m0/s1. The number of piperazine rings is 1. The fraction of sp³-hybridized carbons (Fsp3) is 0.417. The molecule has 0 saturated carbocycles. The van der Waals surface area contributed by atoms with Crippen LogP contribution in [0.1, 0.15) is 0 Å². The van der Waals surface area contributed by atoms with Crippen LogP contribution in [0.3, 0.4) is 0 Å². The normalized spacial score (nSPS) is 28.1. The molecule has 2 atom stereocenters. The fourth-order valence-corrected chi connectivity index (χ4v) is 4.96. The maximum Gasteiger partial charge on any atom is 0.239 e. The van der Waals surface area contributed by atoms with Crippen molar-refractivity contribution in [1.29, 1.82) is 0 Å². The summed E-state index contributed by atoms with van der Waals surface area (Å²) in [6.07, 6.45) is 0. The van der Waals surface area contributed by atoms with Crippen LogP contribution in [0.5, 0.6) is 0 Å². The highest BCUT2D eigenvalue weighted by atomic mass is 35.5. The Morgan fingerprint density at radius 2 is 1.95 bits per heavy atom. The summed E-state index contributed by atoms with van der Waals surface area (Å²) < 4.78 is 23.6. The van der Waals surface area contributed by atoms with Crippen molar-refractivity contribution in [2.75, 3.05) is 23.0 Å². The highest BCUT2D eigenvalue weighted by molar-refractivity contribution is 7.91. The average Bonchev–Trinajstić information content (AvgIpc) is 2.65. The van der Waals surface area contributed by atoms with Crippen molar-refractivity contribution in [3.8, 4) is 0 Å². The number of nitrogens with zero attached hydrogens (tertiary/aromatic N) is 1. The van der Waals surface area contributed by atoms with E-state index in [2.05, 4.69) is 5.32 Å². The number of carbonyl (C=O) groups is 1. The Balaban J connectivity index is 1.98. The quantitative estimate of drug-likeness (QED) is 0.835. The molecule has 108 valence electrons. The highest BCUT2D eigenvalue weighted by Gasteiger charge is 2.45. The van der Waals surface area contributed by atoms with E-state index in [9.17, 15) is 13.2 Å². The molecule has 1 aromatic carbocycles. The van der Waals surface area contributed by atoms with E-state index >= 15 is 0 Å². The molecule has 0 radical (unpaired) electrons. The smallest absolute Gasteiger partial charge is 0.239 e. The molecule has 0 unspecified atom stereocenters. The van der Waals surface area contributed by atoms with E-state index in [0.29, 0.717) is 15.7 Å². The van der Waals surface area contributed by atoms with Gasteiger partial charge < -0.3 is 10.2 Å². The van der Waals surface area contributed by atoms with Crippen molar-refractivity contribution >= 4 is 44.6 Å². The van der Waals surface area contributed by atoms with Gasteiger partial charge in [-0.15, -0.1) is 0 Å². The molecule has 0 spiro atoms. The molecule has 0 aliphatic carbocycles. The molecular weight excluding hydrogens is 323 g/mol.